The van der Waals surface area contributed by atoms with E-state index in [1.54, 1.807) is 11.3 Å². The van der Waals surface area contributed by atoms with Gasteiger partial charge >= 0.3 is 0 Å². The molecule has 1 aliphatic heterocycles. The van der Waals surface area contributed by atoms with Crippen LogP contribution in [0.15, 0.2) is 12.1 Å². The van der Waals surface area contributed by atoms with Crippen molar-refractivity contribution in [2.24, 2.45) is 7.05 Å². The minimum Gasteiger partial charge on any atom is -0.347 e. The predicted octanol–water partition coefficient (Wildman–Crippen LogP) is 3.04. The molecule has 2 aromatic rings. The summed E-state index contributed by atoms with van der Waals surface area (Å²) >= 11 is 0. The molecule has 0 N–H and O–H groups in total. The molecule has 0 amide bonds. The lowest BCUT2D eigenvalue weighted by Gasteiger charge is -2.23. The number of fused-ring (bicyclic) bond motifs is 3. The van der Waals surface area contributed by atoms with Gasteiger partial charge in [0.1, 0.15) is 0 Å². The van der Waals surface area contributed by atoms with Gasteiger partial charge < -0.3 is 9.47 Å². The van der Waals surface area contributed by atoms with E-state index in [2.05, 4.69) is 49.5 Å². The monoisotopic (exact) mass is 242 g/mol. The summed E-state index contributed by atoms with van der Waals surface area (Å²) in [5, 5.41) is 1.48. The van der Waals surface area contributed by atoms with Gasteiger partial charge in [0.25, 0.3) is 0 Å². The summed E-state index contributed by atoms with van der Waals surface area (Å²) in [6.45, 7) is 6.74. The van der Waals surface area contributed by atoms with E-state index in [1.165, 1.54) is 35.0 Å². The molecular formula is C16H22N2. The molecule has 0 fully saturated rings. The smallest absolute Gasteiger partial charge is 0.0515 e. The summed E-state index contributed by atoms with van der Waals surface area (Å²) in [6, 6.07) is 4.71. The van der Waals surface area contributed by atoms with Crippen molar-refractivity contribution >= 4 is 10.9 Å². The Morgan fingerprint density at radius 1 is 1.22 bits per heavy atom. The Hall–Kier alpha value is -1.28. The van der Waals surface area contributed by atoms with Crippen molar-refractivity contribution in [1.29, 1.82) is 0 Å². The molecular weight excluding hydrogens is 220 g/mol. The quantitative estimate of drug-likeness (QED) is 0.746. The molecule has 0 unspecified atom stereocenters. The van der Waals surface area contributed by atoms with Crippen LogP contribution in [0.2, 0.25) is 0 Å². The minimum atomic E-state index is 1.10. The highest BCUT2D eigenvalue weighted by Crippen LogP contribution is 2.32. The van der Waals surface area contributed by atoms with E-state index >= 15 is 0 Å². The van der Waals surface area contributed by atoms with Crippen LogP contribution in [0.25, 0.3) is 10.9 Å². The zero-order valence-electron chi connectivity index (χ0n) is 11.9. The molecule has 0 spiro atoms. The Kier molecular flexibility index (Phi) is 2.70. The number of aromatic nitrogens is 1. The standard InChI is InChI=1S/C16H22N2/c1-5-12-8-11(2)9-13-14-10-17(3)7-6-15(14)18(4)16(12)13/h8-9H,5-7,10H2,1-4H3. The van der Waals surface area contributed by atoms with Gasteiger partial charge in [-0.25, -0.2) is 0 Å². The first-order valence-electron chi connectivity index (χ1n) is 6.90. The van der Waals surface area contributed by atoms with Gasteiger partial charge in [0.15, 0.2) is 0 Å². The van der Waals surface area contributed by atoms with E-state index in [1.807, 2.05) is 0 Å². The second-order valence-corrected chi connectivity index (χ2v) is 5.65. The van der Waals surface area contributed by atoms with E-state index in [4.69, 9.17) is 0 Å². The molecule has 1 aromatic heterocycles. The van der Waals surface area contributed by atoms with E-state index in [0.29, 0.717) is 0 Å². The Morgan fingerprint density at radius 2 is 2.00 bits per heavy atom. The maximum atomic E-state index is 2.44. The third-order valence-electron chi connectivity index (χ3n) is 4.29. The number of likely N-dealkylation sites (N-methyl/N-ethyl adjacent to an activating group) is 1. The van der Waals surface area contributed by atoms with Crippen molar-refractivity contribution in [1.82, 2.24) is 9.47 Å². The summed E-state index contributed by atoms with van der Waals surface area (Å²) < 4.78 is 2.44. The molecule has 96 valence electrons. The molecule has 1 aliphatic rings. The Labute approximate surface area is 109 Å². The zero-order valence-corrected chi connectivity index (χ0v) is 11.9. The first kappa shape index (κ1) is 11.8. The Morgan fingerprint density at radius 3 is 2.72 bits per heavy atom. The summed E-state index contributed by atoms with van der Waals surface area (Å²) in [7, 11) is 4.46. The van der Waals surface area contributed by atoms with Crippen LogP contribution in [0.3, 0.4) is 0 Å². The lowest BCUT2D eigenvalue weighted by molar-refractivity contribution is 0.310. The molecule has 2 heterocycles. The molecule has 0 saturated heterocycles. The van der Waals surface area contributed by atoms with Crippen LogP contribution in [0.4, 0.5) is 0 Å². The SMILES string of the molecule is CCc1cc(C)cc2c3c(n(C)c12)CCN(C)C3. The van der Waals surface area contributed by atoms with E-state index in [0.717, 1.165) is 13.0 Å². The molecule has 0 aliphatic carbocycles. The summed E-state index contributed by atoms with van der Waals surface area (Å²) in [4.78, 5) is 2.43. The first-order chi connectivity index (χ1) is 8.61. The van der Waals surface area contributed by atoms with E-state index < -0.39 is 0 Å². The van der Waals surface area contributed by atoms with Crippen molar-refractivity contribution in [2.45, 2.75) is 33.2 Å². The highest BCUT2D eigenvalue weighted by Gasteiger charge is 2.22. The number of hydrogen-bond acceptors (Lipinski definition) is 1. The third kappa shape index (κ3) is 1.59. The van der Waals surface area contributed by atoms with E-state index in [-0.39, 0.29) is 0 Å². The fourth-order valence-electron chi connectivity index (χ4n) is 3.38. The molecule has 0 bridgehead atoms. The van der Waals surface area contributed by atoms with Crippen LogP contribution in [-0.2, 0) is 26.4 Å². The summed E-state index contributed by atoms with van der Waals surface area (Å²) in [5.74, 6) is 0. The second kappa shape index (κ2) is 4.13. The number of hydrogen-bond donors (Lipinski definition) is 0. The molecule has 1 aromatic carbocycles. The van der Waals surface area contributed by atoms with E-state index in [9.17, 15) is 0 Å². The number of benzene rings is 1. The van der Waals surface area contributed by atoms with Crippen molar-refractivity contribution in [3.8, 4) is 0 Å². The van der Waals surface area contributed by atoms with Gasteiger partial charge in [0, 0.05) is 37.6 Å². The lowest BCUT2D eigenvalue weighted by atomic mass is 10.0. The van der Waals surface area contributed by atoms with Crippen LogP contribution in [0, 0.1) is 6.92 Å². The zero-order chi connectivity index (χ0) is 12.9. The predicted molar refractivity (Wildman–Crippen MR) is 77.1 cm³/mol. The van der Waals surface area contributed by atoms with Gasteiger partial charge in [0.05, 0.1) is 5.52 Å². The van der Waals surface area contributed by atoms with Crippen molar-refractivity contribution in [3.63, 3.8) is 0 Å². The fraction of sp³-hybridized carbons (Fsp3) is 0.500. The van der Waals surface area contributed by atoms with Crippen LogP contribution < -0.4 is 0 Å². The van der Waals surface area contributed by atoms with Crippen LogP contribution in [0.5, 0.6) is 0 Å². The van der Waals surface area contributed by atoms with Gasteiger partial charge in [-0.3, -0.25) is 0 Å². The summed E-state index contributed by atoms with van der Waals surface area (Å²) in [6.07, 6.45) is 2.30. The maximum Gasteiger partial charge on any atom is 0.0515 e. The normalized spacial score (nSPS) is 16.2. The molecule has 3 rings (SSSR count). The van der Waals surface area contributed by atoms with Crippen molar-refractivity contribution in [3.05, 3.63) is 34.5 Å². The van der Waals surface area contributed by atoms with Gasteiger partial charge in [-0.05, 0) is 37.6 Å². The van der Waals surface area contributed by atoms with Gasteiger partial charge in [0.2, 0.25) is 0 Å². The average Bonchev–Trinajstić information content (AvgIpc) is 2.62. The molecule has 2 heteroatoms. The van der Waals surface area contributed by atoms with Crippen LogP contribution in [0.1, 0.15) is 29.3 Å². The average molecular weight is 242 g/mol. The molecule has 18 heavy (non-hydrogen) atoms. The van der Waals surface area contributed by atoms with Gasteiger partial charge in [-0.15, -0.1) is 0 Å². The largest absolute Gasteiger partial charge is 0.347 e. The number of aryl methyl sites for hydroxylation is 3. The number of nitrogens with zero attached hydrogens (tertiary/aromatic N) is 2. The highest BCUT2D eigenvalue weighted by molar-refractivity contribution is 5.89. The molecule has 0 atom stereocenters. The van der Waals surface area contributed by atoms with Crippen LogP contribution in [-0.4, -0.2) is 23.1 Å². The van der Waals surface area contributed by atoms with Crippen molar-refractivity contribution in [2.75, 3.05) is 13.6 Å². The Balaban J connectivity index is 2.36. The van der Waals surface area contributed by atoms with Gasteiger partial charge in [-0.2, -0.15) is 0 Å². The molecule has 0 radical (unpaired) electrons. The third-order valence-corrected chi connectivity index (χ3v) is 4.29. The Bertz CT molecular complexity index is 607. The first-order valence-corrected chi connectivity index (χ1v) is 6.90. The molecule has 2 nitrogen and oxygen atoms in total. The van der Waals surface area contributed by atoms with Gasteiger partial charge in [-0.1, -0.05) is 18.6 Å². The lowest BCUT2D eigenvalue weighted by Crippen LogP contribution is -2.26. The maximum absolute atomic E-state index is 2.44. The highest BCUT2D eigenvalue weighted by atomic mass is 15.1. The fourth-order valence-corrected chi connectivity index (χ4v) is 3.38. The minimum absolute atomic E-state index is 1.10. The second-order valence-electron chi connectivity index (χ2n) is 5.65. The molecule has 0 saturated carbocycles. The summed E-state index contributed by atoms with van der Waals surface area (Å²) in [5.41, 5.74) is 7.44. The topological polar surface area (TPSA) is 8.17 Å². The van der Waals surface area contributed by atoms with Crippen LogP contribution >= 0.6 is 0 Å². The number of rotatable bonds is 1. The van der Waals surface area contributed by atoms with Crippen molar-refractivity contribution < 1.29 is 0 Å².